The Morgan fingerprint density at radius 3 is 2.53 bits per heavy atom. The van der Waals surface area contributed by atoms with Gasteiger partial charge in [0.1, 0.15) is 5.52 Å². The zero-order valence-corrected chi connectivity index (χ0v) is 18.9. The molecule has 1 fully saturated rings. The molecule has 1 aliphatic rings. The first-order chi connectivity index (χ1) is 15.5. The molecule has 4 rings (SSSR count). The number of amides is 1. The summed E-state index contributed by atoms with van der Waals surface area (Å²) in [5.74, 6) is 0.470. The maximum atomic E-state index is 13.0. The molecule has 1 N–H and O–H groups in total. The van der Waals surface area contributed by atoms with E-state index >= 15 is 0 Å². The summed E-state index contributed by atoms with van der Waals surface area (Å²) in [6.45, 7) is 4.26. The van der Waals surface area contributed by atoms with Gasteiger partial charge in [0.25, 0.3) is 5.56 Å². The molecule has 8 nitrogen and oxygen atoms in total. The van der Waals surface area contributed by atoms with Crippen LogP contribution in [-0.4, -0.2) is 47.6 Å². The molecule has 1 saturated heterocycles. The quantitative estimate of drug-likeness (QED) is 0.642. The van der Waals surface area contributed by atoms with E-state index in [1.807, 2.05) is 55.1 Å². The number of hydrogen-bond acceptors (Lipinski definition) is 6. The summed E-state index contributed by atoms with van der Waals surface area (Å²) < 4.78 is 1.66. The smallest absolute Gasteiger partial charge is 0.295 e. The molecule has 2 aromatic heterocycles. The van der Waals surface area contributed by atoms with Crippen molar-refractivity contribution in [3.8, 4) is 0 Å². The summed E-state index contributed by atoms with van der Waals surface area (Å²) >= 11 is 0. The largest absolute Gasteiger partial charge is 0.378 e. The summed E-state index contributed by atoms with van der Waals surface area (Å²) in [4.78, 5) is 38.7. The zero-order chi connectivity index (χ0) is 22.7. The molecule has 0 radical (unpaired) electrons. The van der Waals surface area contributed by atoms with Crippen LogP contribution in [-0.2, 0) is 17.9 Å². The number of nitrogens with zero attached hydrogens (tertiary/aromatic N) is 5. The third kappa shape index (κ3) is 4.44. The van der Waals surface area contributed by atoms with E-state index in [1.54, 1.807) is 10.8 Å². The minimum atomic E-state index is -0.122. The van der Waals surface area contributed by atoms with Gasteiger partial charge in [-0.3, -0.25) is 14.2 Å². The van der Waals surface area contributed by atoms with Gasteiger partial charge in [-0.05, 0) is 49.6 Å². The summed E-state index contributed by atoms with van der Waals surface area (Å²) in [6, 6.07) is 11.9. The second-order valence-electron chi connectivity index (χ2n) is 8.37. The Balaban J connectivity index is 1.38. The Kier molecular flexibility index (Phi) is 6.39. The van der Waals surface area contributed by atoms with Crippen LogP contribution in [0.25, 0.3) is 11.2 Å². The highest BCUT2D eigenvalue weighted by molar-refractivity contribution is 5.79. The normalized spacial score (nSPS) is 14.5. The molecular weight excluding hydrogens is 404 g/mol. The van der Waals surface area contributed by atoms with Crippen LogP contribution in [0.15, 0.2) is 47.4 Å². The Hall–Kier alpha value is -3.42. The van der Waals surface area contributed by atoms with Gasteiger partial charge in [0, 0.05) is 58.1 Å². The van der Waals surface area contributed by atoms with Crippen molar-refractivity contribution in [3.63, 3.8) is 0 Å². The molecular formula is C24H30N6O2. The van der Waals surface area contributed by atoms with Gasteiger partial charge in [0.05, 0.1) is 0 Å². The summed E-state index contributed by atoms with van der Waals surface area (Å²) in [6.07, 6.45) is 3.07. The zero-order valence-electron chi connectivity index (χ0n) is 18.9. The fraction of sp³-hybridized carbons (Fsp3) is 0.417. The number of carbonyl (C=O) groups excluding carboxylic acids is 1. The molecule has 1 aliphatic heterocycles. The van der Waals surface area contributed by atoms with Crippen molar-refractivity contribution in [2.75, 3.05) is 37.0 Å². The molecule has 3 aromatic rings. The lowest BCUT2D eigenvalue weighted by Crippen LogP contribution is -2.43. The molecule has 3 heterocycles. The van der Waals surface area contributed by atoms with Crippen LogP contribution in [0.2, 0.25) is 0 Å². The number of benzene rings is 1. The van der Waals surface area contributed by atoms with Crippen molar-refractivity contribution in [1.82, 2.24) is 19.9 Å². The maximum Gasteiger partial charge on any atom is 0.295 e. The number of nitrogens with one attached hydrogen (secondary N) is 1. The van der Waals surface area contributed by atoms with Gasteiger partial charge in [-0.2, -0.15) is 0 Å². The summed E-state index contributed by atoms with van der Waals surface area (Å²) in [5, 5.41) is 3.06. The number of aromatic nitrogens is 3. The first-order valence-corrected chi connectivity index (χ1v) is 11.1. The first-order valence-electron chi connectivity index (χ1n) is 11.1. The molecule has 0 saturated carbocycles. The van der Waals surface area contributed by atoms with Crippen LogP contribution in [0.3, 0.4) is 0 Å². The molecule has 0 bridgehead atoms. The van der Waals surface area contributed by atoms with Crippen molar-refractivity contribution in [3.05, 3.63) is 58.5 Å². The Bertz CT molecular complexity index is 1150. The lowest BCUT2D eigenvalue weighted by Gasteiger charge is -2.32. The van der Waals surface area contributed by atoms with E-state index in [4.69, 9.17) is 0 Å². The SMILES string of the molecule is CCn1c(=O)c(N2CCC(C(=O)NCc3ccc(N(C)C)cc3)CC2)nc2cccnc21. The van der Waals surface area contributed by atoms with Crippen molar-refractivity contribution in [2.45, 2.75) is 32.9 Å². The van der Waals surface area contributed by atoms with Gasteiger partial charge in [-0.25, -0.2) is 9.97 Å². The van der Waals surface area contributed by atoms with Crippen molar-refractivity contribution < 1.29 is 4.79 Å². The summed E-state index contributed by atoms with van der Waals surface area (Å²) in [7, 11) is 4.01. The minimum absolute atomic E-state index is 0.0529. The van der Waals surface area contributed by atoms with Crippen molar-refractivity contribution in [2.24, 2.45) is 5.92 Å². The second kappa shape index (κ2) is 9.38. The number of aryl methyl sites for hydroxylation is 1. The standard InChI is InChI=1S/C24H30N6O2/c1-4-30-21-20(6-5-13-25-21)27-22(24(30)32)29-14-11-18(12-15-29)23(31)26-16-17-7-9-19(10-8-17)28(2)3/h5-10,13,18H,4,11-12,14-16H2,1-3H3,(H,26,31). The predicted molar refractivity (Wildman–Crippen MR) is 127 cm³/mol. The summed E-state index contributed by atoms with van der Waals surface area (Å²) in [5.41, 5.74) is 3.41. The molecule has 1 aromatic carbocycles. The molecule has 32 heavy (non-hydrogen) atoms. The predicted octanol–water partition coefficient (Wildman–Crippen LogP) is 2.41. The van der Waals surface area contributed by atoms with Gasteiger partial charge < -0.3 is 15.1 Å². The lowest BCUT2D eigenvalue weighted by atomic mass is 9.96. The molecule has 0 aliphatic carbocycles. The Morgan fingerprint density at radius 1 is 1.16 bits per heavy atom. The van der Waals surface area contributed by atoms with Gasteiger partial charge >= 0.3 is 0 Å². The van der Waals surface area contributed by atoms with Crippen molar-refractivity contribution >= 4 is 28.6 Å². The number of rotatable bonds is 6. The lowest BCUT2D eigenvalue weighted by molar-refractivity contribution is -0.125. The van der Waals surface area contributed by atoms with Crippen LogP contribution in [0.4, 0.5) is 11.5 Å². The fourth-order valence-electron chi connectivity index (χ4n) is 4.16. The van der Waals surface area contributed by atoms with E-state index in [-0.39, 0.29) is 17.4 Å². The van der Waals surface area contributed by atoms with E-state index in [9.17, 15) is 9.59 Å². The Morgan fingerprint density at radius 2 is 1.88 bits per heavy atom. The van der Waals surface area contributed by atoms with Gasteiger partial charge in [0.2, 0.25) is 5.91 Å². The molecule has 0 atom stereocenters. The van der Waals surface area contributed by atoms with E-state index < -0.39 is 0 Å². The fourth-order valence-corrected chi connectivity index (χ4v) is 4.16. The van der Waals surface area contributed by atoms with Crippen molar-refractivity contribution in [1.29, 1.82) is 0 Å². The highest BCUT2D eigenvalue weighted by atomic mass is 16.2. The van der Waals surface area contributed by atoms with E-state index in [0.717, 1.165) is 11.3 Å². The molecule has 168 valence electrons. The third-order valence-corrected chi connectivity index (χ3v) is 6.09. The third-order valence-electron chi connectivity index (χ3n) is 6.09. The highest BCUT2D eigenvalue weighted by Crippen LogP contribution is 2.22. The van der Waals surface area contributed by atoms with Crippen LogP contribution in [0.5, 0.6) is 0 Å². The highest BCUT2D eigenvalue weighted by Gasteiger charge is 2.27. The van der Waals surface area contributed by atoms with E-state index in [0.29, 0.717) is 56.0 Å². The number of anilines is 2. The van der Waals surface area contributed by atoms with Crippen LogP contribution in [0, 0.1) is 5.92 Å². The number of carbonyl (C=O) groups is 1. The van der Waals surface area contributed by atoms with Crippen LogP contribution < -0.4 is 20.7 Å². The average molecular weight is 435 g/mol. The van der Waals surface area contributed by atoms with Gasteiger partial charge in [0.15, 0.2) is 11.5 Å². The van der Waals surface area contributed by atoms with Crippen LogP contribution >= 0.6 is 0 Å². The molecule has 0 spiro atoms. The Labute approximate surface area is 187 Å². The number of piperidine rings is 1. The number of pyridine rings is 1. The molecule has 1 amide bonds. The molecule has 0 unspecified atom stereocenters. The average Bonchev–Trinajstić information content (AvgIpc) is 2.82. The minimum Gasteiger partial charge on any atom is -0.378 e. The first kappa shape index (κ1) is 21.8. The van der Waals surface area contributed by atoms with Crippen LogP contribution in [0.1, 0.15) is 25.3 Å². The number of hydrogen-bond donors (Lipinski definition) is 1. The molecule has 8 heteroatoms. The monoisotopic (exact) mass is 434 g/mol. The van der Waals surface area contributed by atoms with Gasteiger partial charge in [-0.1, -0.05) is 12.1 Å². The van der Waals surface area contributed by atoms with Gasteiger partial charge in [-0.15, -0.1) is 0 Å². The van der Waals surface area contributed by atoms with E-state index in [1.165, 1.54) is 0 Å². The second-order valence-corrected chi connectivity index (χ2v) is 8.37. The topological polar surface area (TPSA) is 83.4 Å². The van der Waals surface area contributed by atoms with E-state index in [2.05, 4.69) is 27.4 Å². The number of fused-ring (bicyclic) bond motifs is 1. The maximum absolute atomic E-state index is 13.0.